The fourth-order valence-electron chi connectivity index (χ4n) is 12.4. The van der Waals surface area contributed by atoms with Crippen molar-refractivity contribution in [1.29, 1.82) is 0 Å². The topological polar surface area (TPSA) is 237 Å². The van der Waals surface area contributed by atoms with Gasteiger partial charge < -0.3 is 33.8 Å². The van der Waals surface area contributed by atoms with Crippen molar-refractivity contribution in [3.05, 3.63) is 0 Å². The van der Waals surface area contributed by atoms with Crippen molar-refractivity contribution in [2.75, 3.05) is 39.6 Å². The largest absolute Gasteiger partial charge is 0.472 e. The van der Waals surface area contributed by atoms with E-state index in [0.29, 0.717) is 25.7 Å². The van der Waals surface area contributed by atoms with Gasteiger partial charge in [0.05, 0.1) is 26.4 Å². The number of ether oxygens (including phenoxy) is 4. The minimum Gasteiger partial charge on any atom is -0.462 e. The Balaban J connectivity index is 5.25. The summed E-state index contributed by atoms with van der Waals surface area (Å²) in [6.07, 6.45) is 59.4. The van der Waals surface area contributed by atoms with E-state index in [1.54, 1.807) is 0 Å². The summed E-state index contributed by atoms with van der Waals surface area (Å²) in [4.78, 5) is 73.0. The number of carbonyl (C=O) groups is 4. The molecule has 0 saturated heterocycles. The number of aliphatic hydroxyl groups is 1. The highest BCUT2D eigenvalue weighted by Gasteiger charge is 2.30. The van der Waals surface area contributed by atoms with Crippen LogP contribution in [-0.4, -0.2) is 96.7 Å². The van der Waals surface area contributed by atoms with E-state index in [-0.39, 0.29) is 25.7 Å². The fourth-order valence-corrected chi connectivity index (χ4v) is 14.0. The molecule has 0 aromatic rings. The van der Waals surface area contributed by atoms with Gasteiger partial charge in [-0.15, -0.1) is 0 Å². The summed E-state index contributed by atoms with van der Waals surface area (Å²) in [6, 6.07) is 0. The van der Waals surface area contributed by atoms with Crippen molar-refractivity contribution in [3.63, 3.8) is 0 Å². The Morgan fingerprint density at radius 3 is 0.760 bits per heavy atom. The van der Waals surface area contributed by atoms with Crippen LogP contribution < -0.4 is 0 Å². The zero-order valence-corrected chi connectivity index (χ0v) is 67.5. The van der Waals surface area contributed by atoms with E-state index in [1.165, 1.54) is 231 Å². The normalized spacial score (nSPS) is 14.5. The first kappa shape index (κ1) is 98.1. The maximum Gasteiger partial charge on any atom is 0.472 e. The average molecular weight is 1470 g/mol. The van der Waals surface area contributed by atoms with Crippen molar-refractivity contribution < 1.29 is 80.2 Å². The Hall–Kier alpha value is -1.94. The number of phosphoric ester groups is 2. The summed E-state index contributed by atoms with van der Waals surface area (Å²) in [5.74, 6) is 0.338. The Bertz CT molecular complexity index is 1940. The zero-order chi connectivity index (χ0) is 73.7. The van der Waals surface area contributed by atoms with Crippen molar-refractivity contribution in [2.45, 2.75) is 439 Å². The molecule has 0 aliphatic heterocycles. The lowest BCUT2D eigenvalue weighted by Crippen LogP contribution is -2.30. The van der Waals surface area contributed by atoms with E-state index < -0.39 is 97.5 Å². The second-order valence-electron chi connectivity index (χ2n) is 30.1. The summed E-state index contributed by atoms with van der Waals surface area (Å²) in [7, 11) is -9.92. The van der Waals surface area contributed by atoms with Gasteiger partial charge in [-0.05, 0) is 43.4 Å². The number of hydrogen-bond acceptors (Lipinski definition) is 15. The first-order valence-corrected chi connectivity index (χ1v) is 44.9. The molecule has 0 rings (SSSR count). The molecule has 7 atom stereocenters. The molecule has 0 radical (unpaired) electrons. The van der Waals surface area contributed by atoms with Gasteiger partial charge in [0.25, 0.3) is 0 Å². The summed E-state index contributed by atoms with van der Waals surface area (Å²) in [5, 5.41) is 10.6. The van der Waals surface area contributed by atoms with Gasteiger partial charge in [-0.2, -0.15) is 0 Å². The lowest BCUT2D eigenvalue weighted by Gasteiger charge is -2.21. The average Bonchev–Trinajstić information content (AvgIpc) is 0.941. The third-order valence-corrected chi connectivity index (χ3v) is 21.5. The van der Waals surface area contributed by atoms with Gasteiger partial charge in [-0.1, -0.05) is 370 Å². The van der Waals surface area contributed by atoms with Crippen molar-refractivity contribution in [1.82, 2.24) is 0 Å². The number of unbranched alkanes of at least 4 members (excludes halogenated alkanes) is 45. The quantitative estimate of drug-likeness (QED) is 0.0222. The number of phosphoric acid groups is 2. The number of hydrogen-bond donors (Lipinski definition) is 3. The molecule has 0 fully saturated rings. The highest BCUT2D eigenvalue weighted by atomic mass is 31.2. The molecule has 0 aliphatic carbocycles. The molecular weight excluding hydrogens is 1310 g/mol. The first-order chi connectivity index (χ1) is 48.3. The fraction of sp³-hybridized carbons (Fsp3) is 0.951. The van der Waals surface area contributed by atoms with E-state index in [1.807, 2.05) is 0 Å². The molecule has 0 aliphatic rings. The van der Waals surface area contributed by atoms with E-state index in [2.05, 4.69) is 48.5 Å². The third kappa shape index (κ3) is 71.7. The number of carbonyl (C=O) groups excluding carboxylic acids is 4. The molecule has 3 N–H and O–H groups in total. The van der Waals surface area contributed by atoms with Crippen molar-refractivity contribution in [3.8, 4) is 0 Å². The minimum atomic E-state index is -4.96. The van der Waals surface area contributed by atoms with Gasteiger partial charge >= 0.3 is 39.5 Å². The number of aliphatic hydroxyl groups excluding tert-OH is 1. The smallest absolute Gasteiger partial charge is 0.462 e. The van der Waals surface area contributed by atoms with E-state index >= 15 is 0 Å². The maximum absolute atomic E-state index is 13.1. The van der Waals surface area contributed by atoms with Crippen LogP contribution in [0.25, 0.3) is 0 Å². The summed E-state index contributed by atoms with van der Waals surface area (Å²) in [6.45, 7) is 12.0. The van der Waals surface area contributed by atoms with Crippen LogP contribution in [0.3, 0.4) is 0 Å². The number of esters is 4. The Morgan fingerprint density at radius 1 is 0.290 bits per heavy atom. The van der Waals surface area contributed by atoms with Crippen LogP contribution >= 0.6 is 15.6 Å². The van der Waals surface area contributed by atoms with Crippen LogP contribution in [0.15, 0.2) is 0 Å². The summed E-state index contributed by atoms with van der Waals surface area (Å²) >= 11 is 0. The van der Waals surface area contributed by atoms with Crippen LogP contribution in [0, 0.1) is 17.8 Å². The van der Waals surface area contributed by atoms with Gasteiger partial charge in [0.2, 0.25) is 0 Å². The van der Waals surface area contributed by atoms with Gasteiger partial charge in [0, 0.05) is 25.7 Å². The maximum atomic E-state index is 13.1. The lowest BCUT2D eigenvalue weighted by molar-refractivity contribution is -0.161. The summed E-state index contributed by atoms with van der Waals surface area (Å²) in [5.41, 5.74) is 0. The van der Waals surface area contributed by atoms with E-state index in [9.17, 15) is 43.2 Å². The Morgan fingerprint density at radius 2 is 0.510 bits per heavy atom. The van der Waals surface area contributed by atoms with Gasteiger partial charge in [0.1, 0.15) is 19.3 Å². The molecule has 0 heterocycles. The molecule has 0 saturated carbocycles. The Kier molecular flexibility index (Phi) is 69.9. The van der Waals surface area contributed by atoms with Gasteiger partial charge in [-0.25, -0.2) is 9.13 Å². The predicted molar refractivity (Wildman–Crippen MR) is 409 cm³/mol. The second-order valence-corrected chi connectivity index (χ2v) is 33.0. The Labute approximate surface area is 613 Å². The summed E-state index contributed by atoms with van der Waals surface area (Å²) < 4.78 is 68.7. The predicted octanol–water partition coefficient (Wildman–Crippen LogP) is 24.1. The molecule has 594 valence electrons. The third-order valence-electron chi connectivity index (χ3n) is 19.6. The van der Waals surface area contributed by atoms with Crippen LogP contribution in [0.1, 0.15) is 421 Å². The molecule has 0 aromatic heterocycles. The standard InChI is InChI=1S/C81H158O17P2/c1-8-11-12-13-14-15-24-34-41-48-55-62-78(83)91-68-77(98-81(86)65-58-51-44-37-30-29-31-38-45-52-59-72(4)5)71-96-100(89,90)94-67-75(82)66-93-99(87,88)95-70-76(97-80(85)64-57-50-43-36-28-23-19-17-21-26-33-40-47-54-61-74(7)10-3)69-92-79(84)63-56-49-42-35-27-22-18-16-20-25-32-39-46-53-60-73(6)9-2/h72-77,82H,8-71H2,1-7H3,(H,87,88)(H,89,90)/t73?,74?,75-,76-,77-/m1/s1. The molecule has 100 heavy (non-hydrogen) atoms. The monoisotopic (exact) mass is 1470 g/mol. The second kappa shape index (κ2) is 71.3. The van der Waals surface area contributed by atoms with Crippen molar-refractivity contribution >= 4 is 39.5 Å². The molecule has 0 bridgehead atoms. The van der Waals surface area contributed by atoms with Crippen LogP contribution in [-0.2, 0) is 65.4 Å². The molecular formula is C81H158O17P2. The molecule has 17 nitrogen and oxygen atoms in total. The molecule has 19 heteroatoms. The molecule has 0 spiro atoms. The molecule has 4 unspecified atom stereocenters. The highest BCUT2D eigenvalue weighted by molar-refractivity contribution is 7.47. The first-order valence-electron chi connectivity index (χ1n) is 41.9. The van der Waals surface area contributed by atoms with Gasteiger partial charge in [0.15, 0.2) is 12.2 Å². The highest BCUT2D eigenvalue weighted by Crippen LogP contribution is 2.45. The SMILES string of the molecule is CCCCCCCCCCCCCC(=O)OC[C@H](COP(=O)(O)OC[C@H](O)COP(=O)(O)OC[C@@H](COC(=O)CCCCCCCCCCCCCCCCC(C)CC)OC(=O)CCCCCCCCCCCCCCCCC(C)CC)OC(=O)CCCCCCCCCCCCC(C)C. The minimum absolute atomic E-state index is 0.106. The van der Waals surface area contributed by atoms with E-state index in [0.717, 1.165) is 108 Å². The van der Waals surface area contributed by atoms with E-state index in [4.69, 9.17) is 37.0 Å². The van der Waals surface area contributed by atoms with Crippen molar-refractivity contribution in [2.24, 2.45) is 17.8 Å². The zero-order valence-electron chi connectivity index (χ0n) is 65.7. The van der Waals surface area contributed by atoms with Crippen LogP contribution in [0.5, 0.6) is 0 Å². The molecule has 0 aromatic carbocycles. The number of rotatable bonds is 79. The molecule has 0 amide bonds. The lowest BCUT2D eigenvalue weighted by atomic mass is 9.99. The van der Waals surface area contributed by atoms with Gasteiger partial charge in [-0.3, -0.25) is 37.3 Å². The van der Waals surface area contributed by atoms with Crippen LogP contribution in [0.2, 0.25) is 0 Å². The van der Waals surface area contributed by atoms with Crippen LogP contribution in [0.4, 0.5) is 0 Å².